The number of hydrogen-bond donors (Lipinski definition) is 1. The van der Waals surface area contributed by atoms with Crippen LogP contribution in [-0.2, 0) is 19.6 Å². The van der Waals surface area contributed by atoms with Crippen LogP contribution in [0.1, 0.15) is 34.2 Å². The van der Waals surface area contributed by atoms with Crippen molar-refractivity contribution in [1.82, 2.24) is 24.8 Å². The highest BCUT2D eigenvalue weighted by Gasteiger charge is 2.30. The van der Waals surface area contributed by atoms with Gasteiger partial charge in [0.2, 0.25) is 0 Å². The number of hydrogen-bond acceptors (Lipinski definition) is 5. The number of fused-ring (bicyclic) bond motifs is 3. The van der Waals surface area contributed by atoms with Gasteiger partial charge in [0.15, 0.2) is 0 Å². The van der Waals surface area contributed by atoms with E-state index in [1.807, 2.05) is 0 Å². The zero-order valence-corrected chi connectivity index (χ0v) is 15.4. The lowest BCUT2D eigenvalue weighted by atomic mass is 10.1. The number of carbonyl (C=O) groups excluding carboxylic acids is 1. The first-order valence-corrected chi connectivity index (χ1v) is 8.54. The molecule has 0 bridgehead atoms. The number of aromatic nitrogens is 4. The topological polar surface area (TPSA) is 89.9 Å². The van der Waals surface area contributed by atoms with E-state index in [-0.39, 0.29) is 21.5 Å². The van der Waals surface area contributed by atoms with Crippen LogP contribution in [0.5, 0.6) is 0 Å². The van der Waals surface area contributed by atoms with E-state index in [0.717, 1.165) is 10.7 Å². The number of rotatable bonds is 3. The molecule has 3 heterocycles. The molecule has 154 valence electrons. The van der Waals surface area contributed by atoms with E-state index in [2.05, 4.69) is 15.1 Å². The lowest BCUT2D eigenvalue weighted by Crippen LogP contribution is -2.37. The molecule has 0 saturated heterocycles. The quantitative estimate of drug-likeness (QED) is 0.312. The van der Waals surface area contributed by atoms with Gasteiger partial charge in [-0.2, -0.15) is 18.3 Å². The number of nitrogens with two attached hydrogens (primary N) is 1. The highest BCUT2D eigenvalue weighted by atomic mass is 19.4. The number of hydrazine groups is 1. The van der Waals surface area contributed by atoms with Crippen molar-refractivity contribution in [2.45, 2.75) is 19.6 Å². The zero-order valence-electron chi connectivity index (χ0n) is 20.4. The van der Waals surface area contributed by atoms with Crippen molar-refractivity contribution in [2.24, 2.45) is 12.8 Å². The van der Waals surface area contributed by atoms with Gasteiger partial charge in [-0.15, -0.1) is 0 Å². The molecular weight excluding hydrogens is 397 g/mol. The van der Waals surface area contributed by atoms with Crippen molar-refractivity contribution in [3.05, 3.63) is 65.2 Å². The highest BCUT2D eigenvalue weighted by Crippen LogP contribution is 2.29. The summed E-state index contributed by atoms with van der Waals surface area (Å²) in [5.41, 5.74) is -0.733. The molecule has 0 aliphatic rings. The van der Waals surface area contributed by atoms with E-state index in [1.165, 1.54) is 24.4 Å². The predicted octanol–water partition coefficient (Wildman–Crippen LogP) is 3.36. The molecule has 0 unspecified atom stereocenters. The van der Waals surface area contributed by atoms with Crippen LogP contribution in [0.15, 0.2) is 42.7 Å². The van der Waals surface area contributed by atoms with Crippen molar-refractivity contribution < 1.29 is 24.8 Å². The summed E-state index contributed by atoms with van der Waals surface area (Å²) in [6.07, 6.45) is -2.75. The van der Waals surface area contributed by atoms with E-state index in [0.29, 0.717) is 28.9 Å². The maximum atomic E-state index is 13.1. The molecule has 30 heavy (non-hydrogen) atoms. The SMILES string of the molecule is [2H]C([2H])(c1ccc(C(F)(F)F)cn1)N(N)C(=O)c1ccc2ncc3c(C)nn(C([2H])([2H])[2H])c3c2c1. The second-order valence-corrected chi connectivity index (χ2v) is 6.47. The molecule has 4 rings (SSSR count). The van der Waals surface area contributed by atoms with Gasteiger partial charge in [0.25, 0.3) is 5.91 Å². The van der Waals surface area contributed by atoms with Gasteiger partial charge in [0.1, 0.15) is 0 Å². The minimum absolute atomic E-state index is 0.110. The fourth-order valence-electron chi connectivity index (χ4n) is 3.00. The first-order valence-electron chi connectivity index (χ1n) is 11.0. The predicted molar refractivity (Wildman–Crippen MR) is 104 cm³/mol. The van der Waals surface area contributed by atoms with E-state index in [4.69, 9.17) is 12.7 Å². The molecule has 0 fully saturated rings. The second kappa shape index (κ2) is 7.06. The van der Waals surface area contributed by atoms with Crippen LogP contribution < -0.4 is 5.84 Å². The molecule has 10 heteroatoms. The van der Waals surface area contributed by atoms with Crippen LogP contribution in [-0.4, -0.2) is 30.7 Å². The van der Waals surface area contributed by atoms with Crippen LogP contribution in [0, 0.1) is 6.92 Å². The summed E-state index contributed by atoms with van der Waals surface area (Å²) in [6, 6.07) is 5.50. The first kappa shape index (κ1) is 14.5. The lowest BCUT2D eigenvalue weighted by Gasteiger charge is -2.17. The van der Waals surface area contributed by atoms with Crippen LogP contribution in [0.4, 0.5) is 13.2 Å². The minimum atomic E-state index is -4.67. The summed E-state index contributed by atoms with van der Waals surface area (Å²) in [7, 11) is 0. The Morgan fingerprint density at radius 2 is 2.03 bits per heavy atom. The van der Waals surface area contributed by atoms with Gasteiger partial charge in [-0.05, 0) is 37.3 Å². The second-order valence-electron chi connectivity index (χ2n) is 6.47. The largest absolute Gasteiger partial charge is 0.417 e. The molecule has 1 amide bonds. The van der Waals surface area contributed by atoms with Crippen molar-refractivity contribution in [1.29, 1.82) is 0 Å². The van der Waals surface area contributed by atoms with Gasteiger partial charge in [0.05, 0.1) is 37.2 Å². The fraction of sp³-hybridized carbons (Fsp3) is 0.200. The van der Waals surface area contributed by atoms with Crippen LogP contribution in [0.25, 0.3) is 21.8 Å². The number of carbonyl (C=O) groups is 1. The Hall–Kier alpha value is -3.53. The van der Waals surface area contributed by atoms with Crippen molar-refractivity contribution in [2.75, 3.05) is 0 Å². The van der Waals surface area contributed by atoms with Gasteiger partial charge in [-0.3, -0.25) is 24.5 Å². The summed E-state index contributed by atoms with van der Waals surface area (Å²) < 4.78 is 78.9. The average molecular weight is 419 g/mol. The van der Waals surface area contributed by atoms with Crippen molar-refractivity contribution in [3.8, 4) is 0 Å². The fourth-order valence-corrected chi connectivity index (χ4v) is 3.00. The molecule has 7 nitrogen and oxygen atoms in total. The molecule has 2 N–H and O–H groups in total. The maximum absolute atomic E-state index is 13.1. The summed E-state index contributed by atoms with van der Waals surface area (Å²) in [6.45, 7) is -3.77. The van der Waals surface area contributed by atoms with E-state index < -0.39 is 36.8 Å². The van der Waals surface area contributed by atoms with Gasteiger partial charge in [0, 0.05) is 39.8 Å². The Labute approximate surface area is 175 Å². The Morgan fingerprint density at radius 1 is 1.23 bits per heavy atom. The zero-order chi connectivity index (χ0) is 25.9. The smallest absolute Gasteiger partial charge is 0.271 e. The first-order chi connectivity index (χ1) is 16.1. The van der Waals surface area contributed by atoms with Crippen LogP contribution in [0.3, 0.4) is 0 Å². The monoisotopic (exact) mass is 419 g/mol. The molecule has 4 aromatic rings. The van der Waals surface area contributed by atoms with Crippen LogP contribution >= 0.6 is 0 Å². The maximum Gasteiger partial charge on any atom is 0.417 e. The number of nitrogens with zero attached hydrogens (tertiary/aromatic N) is 5. The van der Waals surface area contributed by atoms with E-state index in [9.17, 15) is 18.0 Å². The third-order valence-electron chi connectivity index (χ3n) is 4.48. The Bertz CT molecular complexity index is 1450. The molecule has 0 aliphatic carbocycles. The normalized spacial score (nSPS) is 15.3. The van der Waals surface area contributed by atoms with Gasteiger partial charge >= 0.3 is 6.18 Å². The summed E-state index contributed by atoms with van der Waals surface area (Å²) >= 11 is 0. The molecule has 3 aromatic heterocycles. The highest BCUT2D eigenvalue weighted by molar-refractivity contribution is 6.07. The molecule has 0 aliphatic heterocycles. The Morgan fingerprint density at radius 3 is 2.70 bits per heavy atom. The van der Waals surface area contributed by atoms with E-state index >= 15 is 0 Å². The van der Waals surface area contributed by atoms with Crippen LogP contribution in [0.2, 0.25) is 0 Å². The number of halogens is 3. The lowest BCUT2D eigenvalue weighted by molar-refractivity contribution is -0.137. The Kier molecular flexibility index (Phi) is 3.40. The molecule has 0 atom stereocenters. The van der Waals surface area contributed by atoms with Crippen molar-refractivity contribution >= 4 is 27.7 Å². The third kappa shape index (κ3) is 3.45. The summed E-state index contributed by atoms with van der Waals surface area (Å²) in [5, 5.41) is 5.00. The molecule has 0 radical (unpaired) electrons. The van der Waals surface area contributed by atoms with Gasteiger partial charge < -0.3 is 0 Å². The number of amides is 1. The van der Waals surface area contributed by atoms with Gasteiger partial charge in [-0.1, -0.05) is 0 Å². The molecule has 1 aromatic carbocycles. The van der Waals surface area contributed by atoms with Gasteiger partial charge in [-0.25, -0.2) is 5.84 Å². The van der Waals surface area contributed by atoms with E-state index in [1.54, 1.807) is 6.92 Å². The molecule has 0 saturated carbocycles. The van der Waals surface area contributed by atoms with Crippen molar-refractivity contribution in [3.63, 3.8) is 0 Å². The summed E-state index contributed by atoms with van der Waals surface area (Å²) in [5.74, 6) is 4.75. The standard InChI is InChI=1S/C20H17F3N6O/c1-11-16-9-26-17-6-3-12(7-15(17)18(16)28(2)27-11)19(30)29(24)10-14-5-4-13(8-25-14)20(21,22)23/h3-9H,10,24H2,1-2H3/i2D3,10D2. The number of alkyl halides is 3. The third-order valence-corrected chi connectivity index (χ3v) is 4.48. The molecular formula is C20H17F3N6O. The Balaban J connectivity index is 1.77. The summed E-state index contributed by atoms with van der Waals surface area (Å²) in [4.78, 5) is 20.8. The minimum Gasteiger partial charge on any atom is -0.271 e. The number of aryl methyl sites for hydroxylation is 2. The molecule has 0 spiro atoms. The number of pyridine rings is 2. The number of benzene rings is 1. The average Bonchev–Trinajstić information content (AvgIpc) is 3.14.